The van der Waals surface area contributed by atoms with Crippen molar-refractivity contribution in [2.75, 3.05) is 5.73 Å². The van der Waals surface area contributed by atoms with Crippen LogP contribution < -0.4 is 5.73 Å². The maximum absolute atomic E-state index is 12.9. The topological polar surface area (TPSA) is 101 Å². The predicted octanol–water partition coefficient (Wildman–Crippen LogP) is 1.59. The molecule has 124 valence electrons. The maximum Gasteiger partial charge on any atom is 0.305 e. The van der Waals surface area contributed by atoms with Gasteiger partial charge in [-0.1, -0.05) is 24.3 Å². The molecule has 3 aliphatic rings. The molecule has 0 unspecified atom stereocenters. The number of fused-ring (bicyclic) bond motifs is 5. The Morgan fingerprint density at radius 1 is 1.21 bits per heavy atom. The molecule has 2 fully saturated rings. The number of allylic oxidation sites excluding steroid dienone is 2. The van der Waals surface area contributed by atoms with Crippen LogP contribution in [0.5, 0.6) is 0 Å². The minimum atomic E-state index is -1.05. The van der Waals surface area contributed by atoms with Gasteiger partial charge in [0.05, 0.1) is 24.3 Å². The number of nitrogen functional groups attached to an aromatic ring is 1. The Morgan fingerprint density at radius 3 is 2.38 bits per heavy atom. The van der Waals surface area contributed by atoms with Gasteiger partial charge >= 0.3 is 5.97 Å². The molecule has 1 aromatic carbocycles. The molecule has 2 amide bonds. The summed E-state index contributed by atoms with van der Waals surface area (Å²) in [5.41, 5.74) is 6.85. The highest BCUT2D eigenvalue weighted by Gasteiger charge is 2.60. The number of amides is 2. The molecule has 0 aromatic heterocycles. The first-order valence-corrected chi connectivity index (χ1v) is 8.10. The highest BCUT2D eigenvalue weighted by molar-refractivity contribution is 6.07. The van der Waals surface area contributed by atoms with E-state index in [0.29, 0.717) is 11.3 Å². The molecular formula is C18H18N2O4. The minimum absolute atomic E-state index is 0.104. The van der Waals surface area contributed by atoms with Crippen LogP contribution in [0, 0.1) is 23.7 Å². The van der Waals surface area contributed by atoms with Crippen LogP contribution in [-0.2, 0) is 14.4 Å². The average Bonchev–Trinajstić information content (AvgIpc) is 3.20. The lowest BCUT2D eigenvalue weighted by Gasteiger charge is -2.27. The second-order valence-corrected chi connectivity index (χ2v) is 6.83. The zero-order chi connectivity index (χ0) is 17.0. The van der Waals surface area contributed by atoms with Crippen molar-refractivity contribution in [2.45, 2.75) is 18.9 Å². The van der Waals surface area contributed by atoms with Crippen molar-refractivity contribution in [3.63, 3.8) is 0 Å². The Balaban J connectivity index is 1.72. The summed E-state index contributed by atoms with van der Waals surface area (Å²) in [6.07, 6.45) is 4.58. The van der Waals surface area contributed by atoms with Gasteiger partial charge in [0.25, 0.3) is 0 Å². The van der Waals surface area contributed by atoms with Crippen molar-refractivity contribution in [2.24, 2.45) is 23.7 Å². The molecule has 4 rings (SSSR count). The van der Waals surface area contributed by atoms with Gasteiger partial charge in [-0.15, -0.1) is 0 Å². The lowest BCUT2D eigenvalue weighted by atomic mass is 9.85. The van der Waals surface area contributed by atoms with E-state index in [2.05, 4.69) is 0 Å². The number of carbonyl (C=O) groups is 3. The summed E-state index contributed by atoms with van der Waals surface area (Å²) < 4.78 is 0. The van der Waals surface area contributed by atoms with Gasteiger partial charge in [-0.2, -0.15) is 0 Å². The van der Waals surface area contributed by atoms with Crippen molar-refractivity contribution < 1.29 is 19.5 Å². The van der Waals surface area contributed by atoms with Gasteiger partial charge < -0.3 is 10.8 Å². The summed E-state index contributed by atoms with van der Waals surface area (Å²) in [5, 5.41) is 9.27. The van der Waals surface area contributed by atoms with Crippen LogP contribution in [0.15, 0.2) is 36.4 Å². The molecule has 2 bridgehead atoms. The molecule has 1 aliphatic heterocycles. The van der Waals surface area contributed by atoms with Gasteiger partial charge in [0.1, 0.15) is 0 Å². The molecule has 6 heteroatoms. The van der Waals surface area contributed by atoms with Gasteiger partial charge in [0.2, 0.25) is 11.8 Å². The molecular weight excluding hydrogens is 308 g/mol. The SMILES string of the molecule is Nc1cccc([C@H](CC(=O)O)N2C(=O)[C@@H]3[C@H](C2=O)[C@H]2C=C[C@H]3C2)c1. The molecule has 0 spiro atoms. The molecule has 1 saturated heterocycles. The van der Waals surface area contributed by atoms with Crippen molar-refractivity contribution >= 4 is 23.5 Å². The first kappa shape index (κ1) is 14.9. The second-order valence-electron chi connectivity index (χ2n) is 6.83. The van der Waals surface area contributed by atoms with E-state index in [1.807, 2.05) is 12.2 Å². The van der Waals surface area contributed by atoms with E-state index in [0.717, 1.165) is 6.42 Å². The fraction of sp³-hybridized carbons (Fsp3) is 0.389. The lowest BCUT2D eigenvalue weighted by Crippen LogP contribution is -2.37. The highest BCUT2D eigenvalue weighted by Crippen LogP contribution is 2.54. The molecule has 6 nitrogen and oxygen atoms in total. The van der Waals surface area contributed by atoms with Gasteiger partial charge in [0, 0.05) is 5.69 Å². The number of aliphatic carboxylic acids is 1. The van der Waals surface area contributed by atoms with Crippen LogP contribution >= 0.6 is 0 Å². The van der Waals surface area contributed by atoms with Crippen LogP contribution in [0.25, 0.3) is 0 Å². The smallest absolute Gasteiger partial charge is 0.305 e. The zero-order valence-electron chi connectivity index (χ0n) is 13.0. The average molecular weight is 326 g/mol. The number of benzene rings is 1. The normalized spacial score (nSPS) is 31.6. The fourth-order valence-electron chi connectivity index (χ4n) is 4.52. The molecule has 1 heterocycles. The van der Waals surface area contributed by atoms with E-state index >= 15 is 0 Å². The molecule has 1 aromatic rings. The van der Waals surface area contributed by atoms with Crippen molar-refractivity contribution in [1.82, 2.24) is 4.90 Å². The Kier molecular flexibility index (Phi) is 3.23. The van der Waals surface area contributed by atoms with Crippen LogP contribution in [0.3, 0.4) is 0 Å². The van der Waals surface area contributed by atoms with E-state index in [1.54, 1.807) is 24.3 Å². The molecule has 1 saturated carbocycles. The van der Waals surface area contributed by atoms with Crippen molar-refractivity contribution in [1.29, 1.82) is 0 Å². The molecule has 3 N–H and O–H groups in total. The number of rotatable bonds is 4. The maximum atomic E-state index is 12.9. The largest absolute Gasteiger partial charge is 0.481 e. The van der Waals surface area contributed by atoms with Gasteiger partial charge in [0.15, 0.2) is 0 Å². The third-order valence-electron chi connectivity index (χ3n) is 5.48. The Bertz CT molecular complexity index is 742. The summed E-state index contributed by atoms with van der Waals surface area (Å²) >= 11 is 0. The first-order valence-electron chi connectivity index (χ1n) is 8.10. The zero-order valence-corrected chi connectivity index (χ0v) is 13.0. The molecule has 0 radical (unpaired) electrons. The van der Waals surface area contributed by atoms with Gasteiger partial charge in [-0.25, -0.2) is 0 Å². The van der Waals surface area contributed by atoms with Crippen LogP contribution in [-0.4, -0.2) is 27.8 Å². The lowest BCUT2D eigenvalue weighted by molar-refractivity contribution is -0.146. The summed E-state index contributed by atoms with van der Waals surface area (Å²) in [6, 6.07) is 5.93. The van der Waals surface area contributed by atoms with E-state index in [-0.39, 0.29) is 41.9 Å². The van der Waals surface area contributed by atoms with Crippen LogP contribution in [0.2, 0.25) is 0 Å². The fourth-order valence-corrected chi connectivity index (χ4v) is 4.52. The molecule has 2 aliphatic carbocycles. The Labute approximate surface area is 138 Å². The van der Waals surface area contributed by atoms with Gasteiger partial charge in [-0.05, 0) is 36.0 Å². The molecule has 5 atom stereocenters. The molecule has 24 heavy (non-hydrogen) atoms. The summed E-state index contributed by atoms with van der Waals surface area (Å²) in [7, 11) is 0. The summed E-state index contributed by atoms with van der Waals surface area (Å²) in [5.74, 6) is -1.98. The highest BCUT2D eigenvalue weighted by atomic mass is 16.4. The van der Waals surface area contributed by atoms with Gasteiger partial charge in [-0.3, -0.25) is 19.3 Å². The number of hydrogen-bond donors (Lipinski definition) is 2. The quantitative estimate of drug-likeness (QED) is 0.497. The third kappa shape index (κ3) is 2.06. The van der Waals surface area contributed by atoms with E-state index in [1.165, 1.54) is 4.90 Å². The Hall–Kier alpha value is -2.63. The number of nitrogens with zero attached hydrogens (tertiary/aromatic N) is 1. The summed E-state index contributed by atoms with van der Waals surface area (Å²) in [6.45, 7) is 0. The minimum Gasteiger partial charge on any atom is -0.481 e. The summed E-state index contributed by atoms with van der Waals surface area (Å²) in [4.78, 5) is 38.3. The standard InChI is InChI=1S/C18H18N2O4/c19-12-3-1-2-9(7-12)13(8-14(21)22)20-17(23)15-10-4-5-11(6-10)16(15)18(20)24/h1-5,7,10-11,13,15-16H,6,8,19H2,(H,21,22)/t10-,11-,13-,15-,16+/m0/s1. The van der Waals surface area contributed by atoms with Crippen LogP contribution in [0.4, 0.5) is 5.69 Å². The number of carboxylic acids is 1. The monoisotopic (exact) mass is 326 g/mol. The number of imide groups is 1. The number of carboxylic acid groups (broad SMARTS) is 1. The van der Waals surface area contributed by atoms with E-state index in [9.17, 15) is 19.5 Å². The van der Waals surface area contributed by atoms with E-state index < -0.39 is 12.0 Å². The predicted molar refractivity (Wildman–Crippen MR) is 85.4 cm³/mol. The number of likely N-dealkylation sites (tertiary alicyclic amines) is 1. The first-order chi connectivity index (χ1) is 11.5. The Morgan fingerprint density at radius 2 is 1.83 bits per heavy atom. The third-order valence-corrected chi connectivity index (χ3v) is 5.48. The van der Waals surface area contributed by atoms with E-state index in [4.69, 9.17) is 5.73 Å². The second kappa shape index (κ2) is 5.19. The number of hydrogen-bond acceptors (Lipinski definition) is 4. The van der Waals surface area contributed by atoms with Crippen molar-refractivity contribution in [3.05, 3.63) is 42.0 Å². The van der Waals surface area contributed by atoms with Crippen LogP contribution in [0.1, 0.15) is 24.4 Å². The number of nitrogens with two attached hydrogens (primary N) is 1. The number of carbonyl (C=O) groups excluding carboxylic acids is 2. The number of anilines is 1. The van der Waals surface area contributed by atoms with Crippen molar-refractivity contribution in [3.8, 4) is 0 Å².